The summed E-state index contributed by atoms with van der Waals surface area (Å²) >= 11 is 0. The predicted molar refractivity (Wildman–Crippen MR) is 63.1 cm³/mol. The number of carboxylic acid groups (broad SMARTS) is 1. The molecule has 0 aliphatic rings. The van der Waals surface area contributed by atoms with Crippen molar-refractivity contribution in [1.29, 1.82) is 0 Å². The number of aliphatic carboxylic acids is 1. The Balaban J connectivity index is 2.74. The maximum atomic E-state index is 10.8. The third-order valence-corrected chi connectivity index (χ3v) is 2.92. The highest BCUT2D eigenvalue weighted by molar-refractivity contribution is 7.50. The van der Waals surface area contributed by atoms with Crippen molar-refractivity contribution in [2.45, 2.75) is 6.16 Å². The van der Waals surface area contributed by atoms with Gasteiger partial charge >= 0.3 is 13.6 Å². The number of nitrogens with zero attached hydrogens (tertiary/aromatic N) is 1. The van der Waals surface area contributed by atoms with Crippen molar-refractivity contribution in [2.75, 3.05) is 18.5 Å². The fourth-order valence-corrected chi connectivity index (χ4v) is 2.07. The molecule has 0 heterocycles. The Bertz CT molecular complexity index is 439. The smallest absolute Gasteiger partial charge is 0.329 e. The van der Waals surface area contributed by atoms with Gasteiger partial charge in [-0.1, -0.05) is 12.1 Å². The van der Waals surface area contributed by atoms with E-state index in [4.69, 9.17) is 14.9 Å². The topological polar surface area (TPSA) is 98.1 Å². The van der Waals surface area contributed by atoms with Crippen molar-refractivity contribution in [3.8, 4) is 0 Å². The number of benzene rings is 1. The van der Waals surface area contributed by atoms with Crippen molar-refractivity contribution in [1.82, 2.24) is 0 Å². The Hall–Kier alpha value is -1.36. The SMILES string of the molecule is CN(CC(=O)O)c1ccc(CP(=O)(O)O)cc1. The first-order chi connectivity index (χ1) is 7.78. The number of hydrogen-bond acceptors (Lipinski definition) is 3. The van der Waals surface area contributed by atoms with E-state index in [1.165, 1.54) is 4.90 Å². The van der Waals surface area contributed by atoms with Crippen molar-refractivity contribution in [3.63, 3.8) is 0 Å². The van der Waals surface area contributed by atoms with Crippen LogP contribution in [0, 0.1) is 0 Å². The van der Waals surface area contributed by atoms with Crippen LogP contribution in [-0.4, -0.2) is 34.5 Å². The quantitative estimate of drug-likeness (QED) is 0.679. The van der Waals surface area contributed by atoms with Crippen LogP contribution in [0.5, 0.6) is 0 Å². The van der Waals surface area contributed by atoms with E-state index in [1.807, 2.05) is 0 Å². The number of hydrogen-bond donors (Lipinski definition) is 3. The Kier molecular flexibility index (Phi) is 4.28. The number of carbonyl (C=O) groups is 1. The molecule has 17 heavy (non-hydrogen) atoms. The number of likely N-dealkylation sites (N-methyl/N-ethyl adjacent to an activating group) is 1. The number of anilines is 1. The highest BCUT2D eigenvalue weighted by Gasteiger charge is 2.14. The molecule has 0 amide bonds. The van der Waals surface area contributed by atoms with Crippen molar-refractivity contribution in [2.24, 2.45) is 0 Å². The first-order valence-electron chi connectivity index (χ1n) is 4.84. The monoisotopic (exact) mass is 259 g/mol. The van der Waals surface area contributed by atoms with Gasteiger partial charge in [0, 0.05) is 12.7 Å². The molecule has 1 rings (SSSR count). The summed E-state index contributed by atoms with van der Waals surface area (Å²) in [5.41, 5.74) is 1.20. The van der Waals surface area contributed by atoms with Crippen molar-refractivity contribution in [3.05, 3.63) is 29.8 Å². The summed E-state index contributed by atoms with van der Waals surface area (Å²) in [5, 5.41) is 8.61. The number of rotatable bonds is 5. The van der Waals surface area contributed by atoms with Gasteiger partial charge in [-0.25, -0.2) is 0 Å². The summed E-state index contributed by atoms with van der Waals surface area (Å²) in [6, 6.07) is 6.42. The minimum Gasteiger partial charge on any atom is -0.480 e. The predicted octanol–water partition coefficient (Wildman–Crippen LogP) is 0.885. The lowest BCUT2D eigenvalue weighted by Gasteiger charge is -2.17. The Labute approximate surface area is 98.7 Å². The molecule has 0 bridgehead atoms. The van der Waals surface area contributed by atoms with E-state index in [0.717, 1.165) is 0 Å². The van der Waals surface area contributed by atoms with E-state index in [9.17, 15) is 9.36 Å². The summed E-state index contributed by atoms with van der Waals surface area (Å²) in [6.07, 6.45) is -0.310. The maximum absolute atomic E-state index is 10.8. The highest BCUT2D eigenvalue weighted by atomic mass is 31.2. The van der Waals surface area contributed by atoms with Crippen LogP contribution in [0.2, 0.25) is 0 Å². The highest BCUT2D eigenvalue weighted by Crippen LogP contribution is 2.39. The summed E-state index contributed by atoms with van der Waals surface area (Å²) < 4.78 is 10.8. The molecule has 0 aromatic heterocycles. The molecule has 94 valence electrons. The van der Waals surface area contributed by atoms with E-state index in [1.54, 1.807) is 31.3 Å². The van der Waals surface area contributed by atoms with Crippen molar-refractivity contribution < 1.29 is 24.3 Å². The van der Waals surface area contributed by atoms with E-state index in [2.05, 4.69) is 0 Å². The molecule has 7 heteroatoms. The first kappa shape index (κ1) is 13.7. The molecular formula is C10H14NO5P. The molecule has 6 nitrogen and oxygen atoms in total. The van der Waals surface area contributed by atoms with Gasteiger partial charge in [0.1, 0.15) is 6.54 Å². The van der Waals surface area contributed by atoms with E-state index < -0.39 is 13.6 Å². The lowest BCUT2D eigenvalue weighted by Crippen LogP contribution is -2.24. The molecule has 0 fully saturated rings. The van der Waals surface area contributed by atoms with Crippen LogP contribution in [0.15, 0.2) is 24.3 Å². The van der Waals surface area contributed by atoms with Crippen molar-refractivity contribution >= 4 is 19.3 Å². The van der Waals surface area contributed by atoms with E-state index in [0.29, 0.717) is 11.3 Å². The fraction of sp³-hybridized carbons (Fsp3) is 0.300. The lowest BCUT2D eigenvalue weighted by atomic mass is 10.2. The summed E-state index contributed by atoms with van der Waals surface area (Å²) in [4.78, 5) is 29.6. The van der Waals surface area contributed by atoms with Gasteiger partial charge in [-0.3, -0.25) is 9.36 Å². The second-order valence-electron chi connectivity index (χ2n) is 3.74. The molecule has 1 aromatic carbocycles. The molecule has 0 unspecified atom stereocenters. The summed E-state index contributed by atoms with van der Waals surface area (Å²) in [7, 11) is -2.43. The average Bonchev–Trinajstić information content (AvgIpc) is 2.15. The van der Waals surface area contributed by atoms with Gasteiger partial charge in [0.05, 0.1) is 6.16 Å². The second kappa shape index (κ2) is 5.31. The molecule has 0 aliphatic heterocycles. The molecule has 0 atom stereocenters. The van der Waals surface area contributed by atoms with Gasteiger partial charge < -0.3 is 19.8 Å². The largest absolute Gasteiger partial charge is 0.480 e. The summed E-state index contributed by atoms with van der Waals surface area (Å²) in [5.74, 6) is -0.938. The van der Waals surface area contributed by atoms with Crippen LogP contribution < -0.4 is 4.90 Å². The minimum absolute atomic E-state index is 0.127. The molecular weight excluding hydrogens is 245 g/mol. The third kappa shape index (κ3) is 4.99. The maximum Gasteiger partial charge on any atom is 0.329 e. The van der Waals surface area contributed by atoms with Gasteiger partial charge in [-0.2, -0.15) is 0 Å². The van der Waals surface area contributed by atoms with Crippen LogP contribution in [-0.2, 0) is 15.5 Å². The molecule has 0 saturated carbocycles. The van der Waals surface area contributed by atoms with Gasteiger partial charge in [0.15, 0.2) is 0 Å². The van der Waals surface area contributed by atoms with Crippen LogP contribution >= 0.6 is 7.60 Å². The molecule has 3 N–H and O–H groups in total. The summed E-state index contributed by atoms with van der Waals surface area (Å²) in [6.45, 7) is -0.127. The van der Waals surface area contributed by atoms with E-state index in [-0.39, 0.29) is 12.7 Å². The van der Waals surface area contributed by atoms with Crippen LogP contribution in [0.3, 0.4) is 0 Å². The van der Waals surface area contributed by atoms with Gasteiger partial charge in [0.25, 0.3) is 0 Å². The Morgan fingerprint density at radius 3 is 2.24 bits per heavy atom. The lowest BCUT2D eigenvalue weighted by molar-refractivity contribution is -0.135. The molecule has 1 aromatic rings. The third-order valence-electron chi connectivity index (χ3n) is 2.14. The second-order valence-corrected chi connectivity index (χ2v) is 5.38. The zero-order valence-electron chi connectivity index (χ0n) is 9.28. The zero-order chi connectivity index (χ0) is 13.1. The normalized spacial score (nSPS) is 11.2. The zero-order valence-corrected chi connectivity index (χ0v) is 10.2. The molecule has 0 spiro atoms. The van der Waals surface area contributed by atoms with Gasteiger partial charge in [0.2, 0.25) is 0 Å². The van der Waals surface area contributed by atoms with Gasteiger partial charge in [-0.05, 0) is 17.7 Å². The Morgan fingerprint density at radius 1 is 1.29 bits per heavy atom. The number of carboxylic acids is 1. The van der Waals surface area contributed by atoms with E-state index >= 15 is 0 Å². The fourth-order valence-electron chi connectivity index (χ4n) is 1.39. The van der Waals surface area contributed by atoms with Gasteiger partial charge in [-0.15, -0.1) is 0 Å². The van der Waals surface area contributed by atoms with Crippen LogP contribution in [0.1, 0.15) is 5.56 Å². The Morgan fingerprint density at radius 2 is 1.82 bits per heavy atom. The molecule has 0 radical (unpaired) electrons. The average molecular weight is 259 g/mol. The first-order valence-corrected chi connectivity index (χ1v) is 6.64. The molecule has 0 saturated heterocycles. The van der Waals surface area contributed by atoms with Crippen LogP contribution in [0.4, 0.5) is 5.69 Å². The molecule has 0 aliphatic carbocycles. The van der Waals surface area contributed by atoms with Crippen LogP contribution in [0.25, 0.3) is 0 Å². The minimum atomic E-state index is -4.06. The standard InChI is InChI=1S/C10H14NO5P/c1-11(6-10(12)13)9-4-2-8(3-5-9)7-17(14,15)16/h2-5H,6-7H2,1H3,(H,12,13)(H2,14,15,16).